The lowest BCUT2D eigenvalue weighted by Crippen LogP contribution is -2.29. The Bertz CT molecular complexity index is 420. The standard InChI is InChI=1S/C11H12ClFN2S/c1-7(2)6-14-11(16)15-10-4-3-8(12)5-9(10)13/h3-5H,1,6H2,2H3,(H2,14,15,16). The van der Waals surface area contributed by atoms with Crippen LogP contribution in [0.5, 0.6) is 0 Å². The van der Waals surface area contributed by atoms with Crippen LogP contribution in [-0.2, 0) is 0 Å². The zero-order valence-corrected chi connectivity index (χ0v) is 10.4. The van der Waals surface area contributed by atoms with E-state index in [9.17, 15) is 4.39 Å². The Hall–Kier alpha value is -1.13. The van der Waals surface area contributed by atoms with Gasteiger partial charge in [0, 0.05) is 11.6 Å². The number of hydrogen-bond donors (Lipinski definition) is 2. The van der Waals surface area contributed by atoms with Crippen LogP contribution < -0.4 is 10.6 Å². The summed E-state index contributed by atoms with van der Waals surface area (Å²) in [7, 11) is 0. The minimum Gasteiger partial charge on any atom is -0.359 e. The Morgan fingerprint density at radius 1 is 1.56 bits per heavy atom. The molecule has 0 unspecified atom stereocenters. The highest BCUT2D eigenvalue weighted by Gasteiger charge is 2.04. The number of rotatable bonds is 3. The summed E-state index contributed by atoms with van der Waals surface area (Å²) in [5.41, 5.74) is 1.24. The maximum Gasteiger partial charge on any atom is 0.171 e. The van der Waals surface area contributed by atoms with E-state index >= 15 is 0 Å². The highest BCUT2D eigenvalue weighted by atomic mass is 35.5. The SMILES string of the molecule is C=C(C)CNC(=S)Nc1ccc(Cl)cc1F. The van der Waals surface area contributed by atoms with Gasteiger partial charge in [-0.05, 0) is 37.3 Å². The lowest BCUT2D eigenvalue weighted by Gasteiger charge is -2.11. The zero-order valence-electron chi connectivity index (χ0n) is 8.81. The van der Waals surface area contributed by atoms with E-state index in [1.165, 1.54) is 12.1 Å². The zero-order chi connectivity index (χ0) is 12.1. The van der Waals surface area contributed by atoms with Gasteiger partial charge in [0.05, 0.1) is 5.69 Å². The van der Waals surface area contributed by atoms with E-state index in [0.29, 0.717) is 22.4 Å². The monoisotopic (exact) mass is 258 g/mol. The number of nitrogens with one attached hydrogen (secondary N) is 2. The molecule has 0 bridgehead atoms. The lowest BCUT2D eigenvalue weighted by molar-refractivity contribution is 0.632. The van der Waals surface area contributed by atoms with Crippen LogP contribution >= 0.6 is 23.8 Å². The maximum atomic E-state index is 13.4. The molecule has 0 aromatic heterocycles. The minimum absolute atomic E-state index is 0.295. The summed E-state index contributed by atoms with van der Waals surface area (Å²) >= 11 is 10.6. The van der Waals surface area contributed by atoms with Crippen LogP contribution in [0.1, 0.15) is 6.92 Å². The smallest absolute Gasteiger partial charge is 0.171 e. The van der Waals surface area contributed by atoms with Crippen LogP contribution in [0.15, 0.2) is 30.4 Å². The molecule has 2 N–H and O–H groups in total. The van der Waals surface area contributed by atoms with Crippen molar-refractivity contribution in [3.63, 3.8) is 0 Å². The molecule has 0 fully saturated rings. The first-order chi connectivity index (χ1) is 7.49. The van der Waals surface area contributed by atoms with Gasteiger partial charge in [-0.1, -0.05) is 23.8 Å². The molecular weight excluding hydrogens is 247 g/mol. The average molecular weight is 259 g/mol. The van der Waals surface area contributed by atoms with Gasteiger partial charge >= 0.3 is 0 Å². The van der Waals surface area contributed by atoms with Gasteiger partial charge in [-0.15, -0.1) is 0 Å². The normalized spacial score (nSPS) is 9.69. The summed E-state index contributed by atoms with van der Waals surface area (Å²) < 4.78 is 13.4. The van der Waals surface area contributed by atoms with Crippen molar-refractivity contribution in [1.82, 2.24) is 5.32 Å². The third-order valence-corrected chi connectivity index (χ3v) is 2.21. The fourth-order valence-corrected chi connectivity index (χ4v) is 1.33. The summed E-state index contributed by atoms with van der Waals surface area (Å²) in [6.45, 7) is 6.15. The minimum atomic E-state index is -0.438. The fourth-order valence-electron chi connectivity index (χ4n) is 0.989. The van der Waals surface area contributed by atoms with E-state index in [-0.39, 0.29) is 0 Å². The van der Waals surface area contributed by atoms with Gasteiger partial charge in [0.25, 0.3) is 0 Å². The van der Waals surface area contributed by atoms with Crippen molar-refractivity contribution in [2.45, 2.75) is 6.92 Å². The van der Waals surface area contributed by atoms with Gasteiger partial charge in [-0.2, -0.15) is 0 Å². The molecule has 0 spiro atoms. The highest BCUT2D eigenvalue weighted by molar-refractivity contribution is 7.80. The quantitative estimate of drug-likeness (QED) is 0.642. The maximum absolute atomic E-state index is 13.4. The second kappa shape index (κ2) is 5.82. The topological polar surface area (TPSA) is 24.1 Å². The van der Waals surface area contributed by atoms with E-state index < -0.39 is 5.82 Å². The molecule has 5 heteroatoms. The molecule has 0 aliphatic carbocycles. The van der Waals surface area contributed by atoms with Crippen LogP contribution in [0, 0.1) is 5.82 Å². The van der Waals surface area contributed by atoms with Crippen molar-refractivity contribution in [3.05, 3.63) is 41.2 Å². The van der Waals surface area contributed by atoms with Gasteiger partial charge in [0.15, 0.2) is 5.11 Å². The van der Waals surface area contributed by atoms with Crippen molar-refractivity contribution >= 4 is 34.6 Å². The molecule has 0 aliphatic rings. The average Bonchev–Trinajstić information content (AvgIpc) is 2.19. The summed E-state index contributed by atoms with van der Waals surface area (Å²) in [4.78, 5) is 0. The highest BCUT2D eigenvalue weighted by Crippen LogP contribution is 2.18. The molecule has 0 saturated heterocycles. The number of hydrogen-bond acceptors (Lipinski definition) is 1. The lowest BCUT2D eigenvalue weighted by atomic mass is 10.3. The first kappa shape index (κ1) is 12.9. The molecule has 0 aliphatic heterocycles. The van der Waals surface area contributed by atoms with E-state index in [4.69, 9.17) is 23.8 Å². The molecule has 0 amide bonds. The summed E-state index contributed by atoms with van der Waals surface area (Å²) in [5, 5.41) is 6.33. The molecule has 2 nitrogen and oxygen atoms in total. The molecule has 0 atom stereocenters. The van der Waals surface area contributed by atoms with E-state index in [0.717, 1.165) is 5.57 Å². The van der Waals surface area contributed by atoms with Crippen LogP contribution in [0.4, 0.5) is 10.1 Å². The molecule has 1 aromatic rings. The third-order valence-electron chi connectivity index (χ3n) is 1.73. The van der Waals surface area contributed by atoms with Gasteiger partial charge < -0.3 is 10.6 Å². The molecular formula is C11H12ClFN2S. The Kier molecular flexibility index (Phi) is 4.71. The Morgan fingerprint density at radius 2 is 2.25 bits per heavy atom. The van der Waals surface area contributed by atoms with Crippen molar-refractivity contribution in [2.75, 3.05) is 11.9 Å². The molecule has 86 valence electrons. The number of benzene rings is 1. The second-order valence-corrected chi connectivity index (χ2v) is 4.23. The number of halogens is 2. The molecule has 1 rings (SSSR count). The van der Waals surface area contributed by atoms with Crippen molar-refractivity contribution in [1.29, 1.82) is 0 Å². The predicted molar refractivity (Wildman–Crippen MR) is 70.4 cm³/mol. The van der Waals surface area contributed by atoms with Gasteiger partial charge in [0.1, 0.15) is 5.82 Å². The number of anilines is 1. The Labute approximate surface area is 104 Å². The van der Waals surface area contributed by atoms with Crippen LogP contribution in [0.25, 0.3) is 0 Å². The summed E-state index contributed by atoms with van der Waals surface area (Å²) in [5.74, 6) is -0.438. The fraction of sp³-hybridized carbons (Fsp3) is 0.182. The van der Waals surface area contributed by atoms with Crippen molar-refractivity contribution in [3.8, 4) is 0 Å². The first-order valence-electron chi connectivity index (χ1n) is 4.63. The molecule has 0 radical (unpaired) electrons. The molecule has 0 saturated carbocycles. The molecule has 16 heavy (non-hydrogen) atoms. The Morgan fingerprint density at radius 3 is 2.81 bits per heavy atom. The van der Waals surface area contributed by atoms with Crippen molar-refractivity contribution in [2.24, 2.45) is 0 Å². The van der Waals surface area contributed by atoms with E-state index in [2.05, 4.69) is 17.2 Å². The van der Waals surface area contributed by atoms with Crippen LogP contribution in [-0.4, -0.2) is 11.7 Å². The third kappa shape index (κ3) is 4.16. The van der Waals surface area contributed by atoms with Gasteiger partial charge in [-0.3, -0.25) is 0 Å². The van der Waals surface area contributed by atoms with Crippen LogP contribution in [0.3, 0.4) is 0 Å². The molecule has 0 heterocycles. The van der Waals surface area contributed by atoms with Crippen molar-refractivity contribution < 1.29 is 4.39 Å². The predicted octanol–water partition coefficient (Wildman–Crippen LogP) is 3.34. The summed E-state index contributed by atoms with van der Waals surface area (Å²) in [6.07, 6.45) is 0. The molecule has 1 aromatic carbocycles. The van der Waals surface area contributed by atoms with E-state index in [1.54, 1.807) is 6.07 Å². The van der Waals surface area contributed by atoms with Crippen LogP contribution in [0.2, 0.25) is 5.02 Å². The van der Waals surface area contributed by atoms with Gasteiger partial charge in [-0.25, -0.2) is 4.39 Å². The largest absolute Gasteiger partial charge is 0.359 e. The number of thiocarbonyl (C=S) groups is 1. The van der Waals surface area contributed by atoms with E-state index in [1.807, 2.05) is 6.92 Å². The second-order valence-electron chi connectivity index (χ2n) is 3.39. The Balaban J connectivity index is 2.59. The summed E-state index contributed by atoms with van der Waals surface area (Å²) in [6, 6.07) is 4.35. The first-order valence-corrected chi connectivity index (χ1v) is 5.42. The van der Waals surface area contributed by atoms with Gasteiger partial charge in [0.2, 0.25) is 0 Å².